The Labute approximate surface area is 172 Å². The molecular weight excluding hydrogens is 418 g/mol. The number of carbonyl (C=O) groups excluding carboxylic acids is 2. The van der Waals surface area contributed by atoms with Crippen molar-refractivity contribution >= 4 is 28.0 Å². The van der Waals surface area contributed by atoms with Gasteiger partial charge in [-0.1, -0.05) is 18.2 Å². The Hall–Kier alpha value is -3.74. The highest BCUT2D eigenvalue weighted by Crippen LogP contribution is 2.19. The third-order valence-electron chi connectivity index (χ3n) is 3.55. The van der Waals surface area contributed by atoms with Crippen LogP contribution in [0, 0.1) is 0 Å². The summed E-state index contributed by atoms with van der Waals surface area (Å²) in [6.07, 6.45) is 1.33. The molecule has 0 spiro atoms. The second-order valence-electron chi connectivity index (χ2n) is 5.41. The summed E-state index contributed by atoms with van der Waals surface area (Å²) in [5, 5.41) is 0. The first-order valence-corrected chi connectivity index (χ1v) is 9.72. The van der Waals surface area contributed by atoms with Crippen LogP contribution >= 0.6 is 0 Å². The van der Waals surface area contributed by atoms with Crippen molar-refractivity contribution < 1.29 is 32.2 Å². The van der Waals surface area contributed by atoms with Crippen LogP contribution in [0.15, 0.2) is 41.8 Å². The van der Waals surface area contributed by atoms with E-state index >= 15 is 0 Å². The first kappa shape index (κ1) is 22.5. The van der Waals surface area contributed by atoms with Crippen LogP contribution in [0.3, 0.4) is 0 Å². The number of urea groups is 1. The number of methoxy groups -OCH3 is 3. The molecular formula is C17H19N5O7S. The Morgan fingerprint density at radius 3 is 2.23 bits per heavy atom. The van der Waals surface area contributed by atoms with Gasteiger partial charge in [0, 0.05) is 6.54 Å². The molecule has 30 heavy (non-hydrogen) atoms. The predicted octanol–water partition coefficient (Wildman–Crippen LogP) is 0.766. The Morgan fingerprint density at radius 1 is 1.10 bits per heavy atom. The molecule has 160 valence electrons. The van der Waals surface area contributed by atoms with Gasteiger partial charge in [-0.15, -0.1) is 11.6 Å². The van der Waals surface area contributed by atoms with E-state index in [1.165, 1.54) is 38.5 Å². The zero-order valence-corrected chi connectivity index (χ0v) is 17.2. The average molecular weight is 437 g/mol. The van der Waals surface area contributed by atoms with Gasteiger partial charge in [0.15, 0.2) is 0 Å². The lowest BCUT2D eigenvalue weighted by molar-refractivity contribution is 0.0596. The van der Waals surface area contributed by atoms with Crippen molar-refractivity contribution in [1.29, 1.82) is 0 Å². The van der Waals surface area contributed by atoms with Gasteiger partial charge in [-0.05, 0) is 12.1 Å². The number of sulfonamides is 1. The summed E-state index contributed by atoms with van der Waals surface area (Å²) in [4.78, 5) is 36.8. The molecule has 0 fully saturated rings. The molecule has 0 bridgehead atoms. The number of carbonyl (C=O) groups is 2. The highest BCUT2D eigenvalue weighted by atomic mass is 32.2. The second kappa shape index (κ2) is 9.65. The summed E-state index contributed by atoms with van der Waals surface area (Å²) in [7, 11) is -0.757. The fourth-order valence-electron chi connectivity index (χ4n) is 2.22. The van der Waals surface area contributed by atoms with E-state index in [0.29, 0.717) is 0 Å². The first-order chi connectivity index (χ1) is 14.3. The van der Waals surface area contributed by atoms with Gasteiger partial charge < -0.3 is 14.2 Å². The van der Waals surface area contributed by atoms with Gasteiger partial charge in [0.2, 0.25) is 5.95 Å². The van der Waals surface area contributed by atoms with Gasteiger partial charge in [-0.3, -0.25) is 4.90 Å². The third kappa shape index (κ3) is 5.00. The SMILES string of the molecule is C=CCN(C(=O)NS(=O)(=O)c1ccccc1C(=O)OC)c1nc(OC)nc(OC)n1. The molecule has 0 atom stereocenters. The van der Waals surface area contributed by atoms with Crippen molar-refractivity contribution in [2.75, 3.05) is 32.8 Å². The quantitative estimate of drug-likeness (QED) is 0.463. The summed E-state index contributed by atoms with van der Waals surface area (Å²) in [5.74, 6) is -1.12. The smallest absolute Gasteiger partial charge is 0.339 e. The minimum atomic E-state index is -4.46. The van der Waals surface area contributed by atoms with E-state index in [2.05, 4.69) is 26.3 Å². The Bertz CT molecular complexity index is 1040. The average Bonchev–Trinajstić information content (AvgIpc) is 2.75. The molecule has 12 nitrogen and oxygen atoms in total. The summed E-state index contributed by atoms with van der Waals surface area (Å²) in [6.45, 7) is 3.37. The van der Waals surface area contributed by atoms with Crippen LogP contribution in [0.2, 0.25) is 0 Å². The molecule has 2 amide bonds. The van der Waals surface area contributed by atoms with E-state index in [1.807, 2.05) is 4.72 Å². The summed E-state index contributed by atoms with van der Waals surface area (Å²) < 4.78 is 41.9. The van der Waals surface area contributed by atoms with Crippen LogP contribution in [0.4, 0.5) is 10.7 Å². The normalized spacial score (nSPS) is 10.6. The molecule has 13 heteroatoms. The Morgan fingerprint density at radius 2 is 1.70 bits per heavy atom. The molecule has 0 saturated carbocycles. The largest absolute Gasteiger partial charge is 0.467 e. The van der Waals surface area contributed by atoms with Crippen molar-refractivity contribution in [2.24, 2.45) is 0 Å². The molecule has 1 N–H and O–H groups in total. The van der Waals surface area contributed by atoms with Gasteiger partial charge in [-0.2, -0.15) is 9.97 Å². The minimum Gasteiger partial charge on any atom is -0.467 e. The molecule has 1 aromatic carbocycles. The molecule has 0 aliphatic heterocycles. The number of nitrogens with one attached hydrogen (secondary N) is 1. The predicted molar refractivity (Wildman–Crippen MR) is 104 cm³/mol. The minimum absolute atomic E-state index is 0.155. The standard InChI is InChI=1S/C17H19N5O7S/c1-5-10-22(14-18-15(28-3)20-16(19-14)29-4)17(24)21-30(25,26)12-9-7-6-8-11(12)13(23)27-2/h5-9H,1,10H2,2-4H3,(H,21,24). The van der Waals surface area contributed by atoms with Crippen LogP contribution in [-0.2, 0) is 14.8 Å². The number of anilines is 1. The zero-order valence-electron chi connectivity index (χ0n) is 16.4. The van der Waals surface area contributed by atoms with Crippen molar-refractivity contribution in [1.82, 2.24) is 19.7 Å². The number of ether oxygens (including phenoxy) is 3. The molecule has 0 unspecified atom stereocenters. The van der Waals surface area contributed by atoms with E-state index in [9.17, 15) is 18.0 Å². The van der Waals surface area contributed by atoms with Gasteiger partial charge in [0.25, 0.3) is 10.0 Å². The topological polar surface area (TPSA) is 150 Å². The number of nitrogens with zero attached hydrogens (tertiary/aromatic N) is 4. The lowest BCUT2D eigenvalue weighted by Crippen LogP contribution is -2.44. The first-order valence-electron chi connectivity index (χ1n) is 8.24. The fraction of sp³-hybridized carbons (Fsp3) is 0.235. The highest BCUT2D eigenvalue weighted by Gasteiger charge is 2.28. The number of hydrogen-bond donors (Lipinski definition) is 1. The van der Waals surface area contributed by atoms with Crippen molar-refractivity contribution in [3.63, 3.8) is 0 Å². The maximum absolute atomic E-state index is 12.8. The monoisotopic (exact) mass is 437 g/mol. The van der Waals surface area contributed by atoms with E-state index < -0.39 is 26.9 Å². The van der Waals surface area contributed by atoms with Crippen LogP contribution < -0.4 is 19.1 Å². The molecule has 1 heterocycles. The van der Waals surface area contributed by atoms with Crippen LogP contribution in [0.1, 0.15) is 10.4 Å². The molecule has 2 rings (SSSR count). The molecule has 0 radical (unpaired) electrons. The van der Waals surface area contributed by atoms with Crippen molar-refractivity contribution in [3.05, 3.63) is 42.5 Å². The Kier molecular flexibility index (Phi) is 7.25. The summed E-state index contributed by atoms with van der Waals surface area (Å²) in [6, 6.07) is 3.86. The lowest BCUT2D eigenvalue weighted by Gasteiger charge is -2.20. The van der Waals surface area contributed by atoms with Crippen molar-refractivity contribution in [3.8, 4) is 12.0 Å². The summed E-state index contributed by atoms with van der Waals surface area (Å²) in [5.41, 5.74) is -0.237. The molecule has 1 aromatic heterocycles. The van der Waals surface area contributed by atoms with E-state index in [1.54, 1.807) is 0 Å². The number of esters is 1. The highest BCUT2D eigenvalue weighted by molar-refractivity contribution is 7.90. The van der Waals surface area contributed by atoms with E-state index in [0.717, 1.165) is 18.1 Å². The fourth-order valence-corrected chi connectivity index (χ4v) is 3.37. The molecule has 2 aromatic rings. The number of hydrogen-bond acceptors (Lipinski definition) is 10. The van der Waals surface area contributed by atoms with Crippen molar-refractivity contribution in [2.45, 2.75) is 4.90 Å². The van der Waals surface area contributed by atoms with Gasteiger partial charge in [0.1, 0.15) is 4.90 Å². The zero-order chi connectivity index (χ0) is 22.3. The number of aromatic nitrogens is 3. The van der Waals surface area contributed by atoms with Crippen LogP contribution in [0.25, 0.3) is 0 Å². The molecule has 0 saturated heterocycles. The number of amides is 2. The molecule has 0 aliphatic rings. The maximum Gasteiger partial charge on any atom is 0.339 e. The second-order valence-corrected chi connectivity index (χ2v) is 7.06. The van der Waals surface area contributed by atoms with E-state index in [4.69, 9.17) is 9.47 Å². The third-order valence-corrected chi connectivity index (χ3v) is 4.93. The van der Waals surface area contributed by atoms with Gasteiger partial charge >= 0.3 is 24.0 Å². The van der Waals surface area contributed by atoms with E-state index in [-0.39, 0.29) is 30.1 Å². The Balaban J connectivity index is 2.43. The lowest BCUT2D eigenvalue weighted by atomic mass is 10.2. The van der Waals surface area contributed by atoms with Crippen LogP contribution in [-0.4, -0.2) is 63.2 Å². The summed E-state index contributed by atoms with van der Waals surface area (Å²) >= 11 is 0. The van der Waals surface area contributed by atoms with Gasteiger partial charge in [-0.25, -0.2) is 22.7 Å². The molecule has 0 aliphatic carbocycles. The van der Waals surface area contributed by atoms with Crippen LogP contribution in [0.5, 0.6) is 12.0 Å². The number of benzene rings is 1. The maximum atomic E-state index is 12.8. The number of rotatable bonds is 8. The van der Waals surface area contributed by atoms with Gasteiger partial charge in [0.05, 0.1) is 26.9 Å².